The van der Waals surface area contributed by atoms with E-state index in [1.54, 1.807) is 0 Å². The van der Waals surface area contributed by atoms with Gasteiger partial charge in [-0.05, 0) is 55.7 Å². The summed E-state index contributed by atoms with van der Waals surface area (Å²) < 4.78 is 2.40. The average molecular weight is 662 g/mol. The second-order valence-electron chi connectivity index (χ2n) is 10.0. The van der Waals surface area contributed by atoms with E-state index in [2.05, 4.69) is 79.7 Å². The number of aromatic nitrogens is 3. The van der Waals surface area contributed by atoms with E-state index in [4.69, 9.17) is 4.98 Å². The molecular formula is C33H31IrN3-2. The summed E-state index contributed by atoms with van der Waals surface area (Å²) in [4.78, 5) is 9.35. The van der Waals surface area contributed by atoms with Crippen LogP contribution in [0.25, 0.3) is 39.8 Å². The van der Waals surface area contributed by atoms with Gasteiger partial charge in [-0.1, -0.05) is 44.2 Å². The van der Waals surface area contributed by atoms with Gasteiger partial charge in [-0.25, -0.2) is 0 Å². The minimum absolute atomic E-state index is 0. The van der Waals surface area contributed by atoms with Crippen LogP contribution in [0, 0.1) is 25.0 Å². The van der Waals surface area contributed by atoms with Gasteiger partial charge in [0.2, 0.25) is 0 Å². The first-order chi connectivity index (χ1) is 17.4. The zero-order valence-corrected chi connectivity index (χ0v) is 24.3. The fraction of sp³-hybridized carbons (Fsp3) is 0.212. The first-order valence-electron chi connectivity index (χ1n) is 12.5. The van der Waals surface area contributed by atoms with Crippen LogP contribution < -0.4 is 0 Å². The van der Waals surface area contributed by atoms with Crippen molar-refractivity contribution in [1.29, 1.82) is 0 Å². The molecular weight excluding hydrogens is 631 g/mol. The van der Waals surface area contributed by atoms with Gasteiger partial charge >= 0.3 is 0 Å². The van der Waals surface area contributed by atoms with Crippen molar-refractivity contribution in [2.75, 3.05) is 0 Å². The molecule has 189 valence electrons. The summed E-state index contributed by atoms with van der Waals surface area (Å²) in [6.07, 6.45) is 2.35. The zero-order chi connectivity index (χ0) is 25.3. The van der Waals surface area contributed by atoms with Crippen LogP contribution >= 0.6 is 0 Å². The summed E-state index contributed by atoms with van der Waals surface area (Å²) in [6, 6.07) is 34.9. The first kappa shape index (κ1) is 26.7. The molecule has 4 heteroatoms. The van der Waals surface area contributed by atoms with Crippen molar-refractivity contribution in [2.24, 2.45) is 5.92 Å². The normalized spacial score (nSPS) is 13.4. The Hall–Kier alpha value is -3.33. The summed E-state index contributed by atoms with van der Waals surface area (Å²) >= 11 is 0. The number of aryl methyl sites for hydroxylation is 1. The molecule has 0 aliphatic carbocycles. The van der Waals surface area contributed by atoms with Gasteiger partial charge in [0, 0.05) is 25.8 Å². The van der Waals surface area contributed by atoms with E-state index in [1.165, 1.54) is 16.7 Å². The van der Waals surface area contributed by atoms with Crippen LogP contribution in [0.4, 0.5) is 0 Å². The van der Waals surface area contributed by atoms with E-state index in [9.17, 15) is 0 Å². The second-order valence-corrected chi connectivity index (χ2v) is 10.0. The largest absolute Gasteiger partial charge is 0.355 e. The van der Waals surface area contributed by atoms with Crippen molar-refractivity contribution >= 4 is 17.1 Å². The predicted molar refractivity (Wildman–Crippen MR) is 149 cm³/mol. The molecule has 5 aromatic rings. The molecule has 0 saturated heterocycles. The fourth-order valence-corrected chi connectivity index (χ4v) is 5.12. The molecule has 1 aliphatic rings. The van der Waals surface area contributed by atoms with Gasteiger partial charge in [-0.3, -0.25) is 4.98 Å². The first-order valence-corrected chi connectivity index (χ1v) is 12.5. The Kier molecular flexibility index (Phi) is 7.92. The Morgan fingerprint density at radius 2 is 1.46 bits per heavy atom. The molecule has 0 spiro atoms. The average Bonchev–Trinajstić information content (AvgIpc) is 3.30. The van der Waals surface area contributed by atoms with Crippen LogP contribution in [-0.2, 0) is 25.6 Å². The monoisotopic (exact) mass is 662 g/mol. The molecule has 1 aliphatic heterocycles. The number of nitrogens with zero attached hydrogens (tertiary/aromatic N) is 3. The maximum atomic E-state index is 4.94. The minimum Gasteiger partial charge on any atom is -0.355 e. The second kappa shape index (κ2) is 11.0. The molecule has 0 saturated carbocycles. The van der Waals surface area contributed by atoms with Crippen LogP contribution in [0.3, 0.4) is 0 Å². The van der Waals surface area contributed by atoms with Crippen molar-refractivity contribution in [2.45, 2.75) is 40.2 Å². The molecule has 0 atom stereocenters. The molecule has 6 rings (SSSR count). The Morgan fingerprint density at radius 1 is 0.784 bits per heavy atom. The molecule has 0 N–H and O–H groups in total. The van der Waals surface area contributed by atoms with Gasteiger partial charge in [0.1, 0.15) is 0 Å². The van der Waals surface area contributed by atoms with Crippen LogP contribution in [0.2, 0.25) is 0 Å². The quantitative estimate of drug-likeness (QED) is 0.183. The molecule has 2 aromatic heterocycles. The molecule has 0 amide bonds. The molecule has 0 bridgehead atoms. The summed E-state index contributed by atoms with van der Waals surface area (Å²) in [5.41, 5.74) is 9.01. The third-order valence-electron chi connectivity index (χ3n) is 6.73. The molecule has 0 fully saturated rings. The summed E-state index contributed by atoms with van der Waals surface area (Å²) in [5, 5.41) is 0. The number of imidazole rings is 1. The van der Waals surface area contributed by atoms with Gasteiger partial charge in [0.25, 0.3) is 0 Å². The third kappa shape index (κ3) is 5.23. The van der Waals surface area contributed by atoms with E-state index >= 15 is 0 Å². The van der Waals surface area contributed by atoms with E-state index < -0.39 is 0 Å². The Labute approximate surface area is 233 Å². The minimum atomic E-state index is -0.101. The van der Waals surface area contributed by atoms with Crippen LogP contribution in [0.15, 0.2) is 90.5 Å². The van der Waals surface area contributed by atoms with Crippen molar-refractivity contribution < 1.29 is 20.1 Å². The van der Waals surface area contributed by atoms with Gasteiger partial charge in [0.15, 0.2) is 0 Å². The summed E-state index contributed by atoms with van der Waals surface area (Å²) in [5.74, 6) is 1.49. The molecule has 37 heavy (non-hydrogen) atoms. The van der Waals surface area contributed by atoms with Crippen molar-refractivity contribution in [3.8, 4) is 22.6 Å². The summed E-state index contributed by atoms with van der Waals surface area (Å²) in [7, 11) is 0. The SMILES string of the molecule is CC(C)C1=Cc2cccc3nc(-c4[c-]cccc4)n(c23)C1(C)C.Cc1cccc(-c2[c-]cccc2)n1.[Ir]. The van der Waals surface area contributed by atoms with Gasteiger partial charge in [-0.2, -0.15) is 0 Å². The number of pyridine rings is 1. The van der Waals surface area contributed by atoms with Crippen molar-refractivity contribution in [3.05, 3.63) is 114 Å². The van der Waals surface area contributed by atoms with Crippen LogP contribution in [0.1, 0.15) is 39.0 Å². The number of hydrogen-bond acceptors (Lipinski definition) is 2. The smallest absolute Gasteiger partial charge is 0.0777 e. The molecule has 3 heterocycles. The molecule has 3 nitrogen and oxygen atoms in total. The Morgan fingerprint density at radius 3 is 2.08 bits per heavy atom. The number of rotatable bonds is 3. The van der Waals surface area contributed by atoms with E-state index in [0.717, 1.165) is 33.9 Å². The van der Waals surface area contributed by atoms with E-state index in [-0.39, 0.29) is 25.6 Å². The number of allylic oxidation sites excluding steroid dienone is 1. The van der Waals surface area contributed by atoms with Gasteiger partial charge < -0.3 is 9.55 Å². The topological polar surface area (TPSA) is 30.7 Å². The Bertz CT molecular complexity index is 1530. The molecule has 3 aromatic carbocycles. The third-order valence-corrected chi connectivity index (χ3v) is 6.73. The van der Waals surface area contributed by atoms with Crippen LogP contribution in [0.5, 0.6) is 0 Å². The zero-order valence-electron chi connectivity index (χ0n) is 21.9. The predicted octanol–water partition coefficient (Wildman–Crippen LogP) is 8.15. The van der Waals surface area contributed by atoms with E-state index in [1.807, 2.05) is 67.6 Å². The van der Waals surface area contributed by atoms with Crippen molar-refractivity contribution in [1.82, 2.24) is 14.5 Å². The summed E-state index contributed by atoms with van der Waals surface area (Å²) in [6.45, 7) is 11.1. The van der Waals surface area contributed by atoms with Gasteiger partial charge in [0.05, 0.1) is 22.4 Å². The maximum Gasteiger partial charge on any atom is 0.0777 e. The Balaban J connectivity index is 0.000000195. The maximum absolute atomic E-state index is 4.94. The number of para-hydroxylation sites is 1. The van der Waals surface area contributed by atoms with Crippen molar-refractivity contribution in [3.63, 3.8) is 0 Å². The van der Waals surface area contributed by atoms with Crippen LogP contribution in [-0.4, -0.2) is 14.5 Å². The standard InChI is InChI=1S/C21H21N2.C12H10N.Ir/c1-14(2)17-13-16-11-8-12-18-19(16)23(21(17,3)4)20(22-18)15-9-6-5-7-10-15;1-10-6-5-9-12(13-10)11-7-3-2-4-8-11;/h5-9,11-14H,1-4H3;2-7,9H,1H3;/q2*-1;. The molecule has 1 radical (unpaired) electrons. The number of hydrogen-bond donors (Lipinski definition) is 0. The van der Waals surface area contributed by atoms with Gasteiger partial charge in [-0.15, -0.1) is 71.8 Å². The fourth-order valence-electron chi connectivity index (χ4n) is 5.12. The molecule has 0 unspecified atom stereocenters. The van der Waals surface area contributed by atoms with E-state index in [0.29, 0.717) is 5.92 Å². The number of benzene rings is 3.